The molecule has 1 heterocycles. The van der Waals surface area contributed by atoms with Gasteiger partial charge in [-0.15, -0.1) is 0 Å². The lowest BCUT2D eigenvalue weighted by Crippen LogP contribution is -2.52. The second-order valence-electron chi connectivity index (χ2n) is 6.18. The highest BCUT2D eigenvalue weighted by Gasteiger charge is 2.28. The summed E-state index contributed by atoms with van der Waals surface area (Å²) in [4.78, 5) is 5.14. The number of nitrogens with zero attached hydrogens (tertiary/aromatic N) is 2. The Labute approximate surface area is 137 Å². The monoisotopic (exact) mass is 353 g/mol. The lowest BCUT2D eigenvalue weighted by Gasteiger charge is -2.42. The maximum Gasteiger partial charge on any atom is 0.0497 e. The third kappa shape index (κ3) is 4.28. The number of halogens is 1. The Morgan fingerprint density at radius 2 is 1.57 bits per heavy atom. The quantitative estimate of drug-likeness (QED) is 0.881. The molecule has 3 atom stereocenters. The van der Waals surface area contributed by atoms with E-state index in [-0.39, 0.29) is 6.04 Å². The third-order valence-electron chi connectivity index (χ3n) is 4.67. The lowest BCUT2D eigenvalue weighted by atomic mass is 9.98. The Morgan fingerprint density at radius 3 is 2.05 bits per heavy atom. The van der Waals surface area contributed by atoms with Crippen LogP contribution in [-0.4, -0.2) is 48.1 Å². The first-order chi connectivity index (χ1) is 10.0. The summed E-state index contributed by atoms with van der Waals surface area (Å²) in [5.74, 6) is 0. The molecule has 0 bridgehead atoms. The topological polar surface area (TPSA) is 32.5 Å². The molecule has 0 aliphatic carbocycles. The third-order valence-corrected chi connectivity index (χ3v) is 5.19. The van der Waals surface area contributed by atoms with Crippen molar-refractivity contribution < 1.29 is 0 Å². The molecule has 3 unspecified atom stereocenters. The summed E-state index contributed by atoms with van der Waals surface area (Å²) in [6, 6.07) is 9.76. The summed E-state index contributed by atoms with van der Waals surface area (Å²) in [6.07, 6.45) is 1.23. The van der Waals surface area contributed by atoms with E-state index in [2.05, 4.69) is 70.8 Å². The highest BCUT2D eigenvalue weighted by molar-refractivity contribution is 9.10. The van der Waals surface area contributed by atoms with Gasteiger partial charge in [0.2, 0.25) is 0 Å². The van der Waals surface area contributed by atoms with Crippen LogP contribution in [0.5, 0.6) is 0 Å². The van der Waals surface area contributed by atoms with Gasteiger partial charge in [-0.2, -0.15) is 0 Å². The molecule has 0 amide bonds. The molecule has 1 aliphatic rings. The minimum atomic E-state index is 0.140. The van der Waals surface area contributed by atoms with Crippen LogP contribution in [-0.2, 0) is 0 Å². The van der Waals surface area contributed by atoms with Crippen LogP contribution in [0.2, 0.25) is 0 Å². The van der Waals surface area contributed by atoms with Crippen LogP contribution in [0.1, 0.15) is 38.8 Å². The van der Waals surface area contributed by atoms with Crippen molar-refractivity contribution in [3.63, 3.8) is 0 Å². The highest BCUT2D eigenvalue weighted by Crippen LogP contribution is 2.26. The summed E-state index contributed by atoms with van der Waals surface area (Å²) in [5.41, 5.74) is 7.62. The van der Waals surface area contributed by atoms with Gasteiger partial charge in [-0.1, -0.05) is 35.0 Å². The molecule has 118 valence electrons. The lowest BCUT2D eigenvalue weighted by molar-refractivity contribution is 0.0653. The van der Waals surface area contributed by atoms with E-state index in [4.69, 9.17) is 5.73 Å². The first-order valence-corrected chi connectivity index (χ1v) is 8.81. The van der Waals surface area contributed by atoms with Gasteiger partial charge in [0.05, 0.1) is 0 Å². The predicted molar refractivity (Wildman–Crippen MR) is 93.4 cm³/mol. The van der Waals surface area contributed by atoms with Crippen molar-refractivity contribution in [3.05, 3.63) is 34.3 Å². The minimum Gasteiger partial charge on any atom is -0.326 e. The first kappa shape index (κ1) is 16.9. The summed E-state index contributed by atoms with van der Waals surface area (Å²) in [6.45, 7) is 11.2. The molecule has 2 N–H and O–H groups in total. The fraction of sp³-hybridized carbons (Fsp3) is 0.647. The normalized spacial score (nSPS) is 22.0. The molecule has 0 spiro atoms. The van der Waals surface area contributed by atoms with Gasteiger partial charge in [0.15, 0.2) is 0 Å². The number of nitrogens with two attached hydrogens (primary N) is 1. The van der Waals surface area contributed by atoms with Crippen LogP contribution in [0, 0.1) is 0 Å². The maximum atomic E-state index is 6.29. The van der Waals surface area contributed by atoms with Gasteiger partial charge in [-0.05, 0) is 38.0 Å². The van der Waals surface area contributed by atoms with Crippen molar-refractivity contribution in [2.24, 2.45) is 5.73 Å². The second kappa shape index (κ2) is 7.73. The molecule has 2 rings (SSSR count). The van der Waals surface area contributed by atoms with Crippen molar-refractivity contribution in [2.75, 3.05) is 26.2 Å². The molecule has 4 heteroatoms. The highest BCUT2D eigenvalue weighted by atomic mass is 79.9. The Bertz CT molecular complexity index is 424. The Morgan fingerprint density at radius 1 is 1.05 bits per heavy atom. The van der Waals surface area contributed by atoms with Gasteiger partial charge in [0, 0.05) is 48.8 Å². The van der Waals surface area contributed by atoms with Crippen LogP contribution in [0.15, 0.2) is 28.7 Å². The zero-order valence-electron chi connectivity index (χ0n) is 13.4. The largest absolute Gasteiger partial charge is 0.326 e. The smallest absolute Gasteiger partial charge is 0.0497 e. The van der Waals surface area contributed by atoms with Gasteiger partial charge in [0.25, 0.3) is 0 Å². The van der Waals surface area contributed by atoms with E-state index >= 15 is 0 Å². The zero-order chi connectivity index (χ0) is 15.4. The Kier molecular flexibility index (Phi) is 6.23. The molecule has 0 radical (unpaired) electrons. The minimum absolute atomic E-state index is 0.140. The number of hydrogen-bond donors (Lipinski definition) is 1. The number of rotatable bonds is 5. The first-order valence-electron chi connectivity index (χ1n) is 8.02. The predicted octanol–water partition coefficient (Wildman–Crippen LogP) is 3.25. The standard InChI is InChI=1S/C17H28BrN3/c1-4-13(2)20-9-11-21(12-10-20)17(14(3)19)15-5-7-16(18)8-6-15/h5-8,13-14,17H,4,9-12,19H2,1-3H3. The van der Waals surface area contributed by atoms with Crippen LogP contribution >= 0.6 is 15.9 Å². The van der Waals surface area contributed by atoms with Gasteiger partial charge < -0.3 is 5.73 Å². The summed E-state index contributed by atoms with van der Waals surface area (Å²) in [7, 11) is 0. The van der Waals surface area contributed by atoms with Gasteiger partial charge in [0.1, 0.15) is 0 Å². The molecule has 1 fully saturated rings. The van der Waals surface area contributed by atoms with Crippen LogP contribution in [0.4, 0.5) is 0 Å². The maximum absolute atomic E-state index is 6.29. The van der Waals surface area contributed by atoms with Crippen molar-refractivity contribution >= 4 is 15.9 Å². The van der Waals surface area contributed by atoms with E-state index in [1.165, 1.54) is 12.0 Å². The Balaban J connectivity index is 2.05. The molecule has 0 aromatic heterocycles. The molecule has 21 heavy (non-hydrogen) atoms. The molecule has 3 nitrogen and oxygen atoms in total. The molecule has 0 saturated carbocycles. The van der Waals surface area contributed by atoms with Crippen molar-refractivity contribution in [1.29, 1.82) is 0 Å². The SMILES string of the molecule is CCC(C)N1CCN(C(c2ccc(Br)cc2)C(C)N)CC1. The average molecular weight is 354 g/mol. The molecule has 1 aromatic rings. The second-order valence-corrected chi connectivity index (χ2v) is 7.10. The number of hydrogen-bond acceptors (Lipinski definition) is 3. The summed E-state index contributed by atoms with van der Waals surface area (Å²) in [5, 5.41) is 0. The summed E-state index contributed by atoms with van der Waals surface area (Å²) < 4.78 is 1.12. The van der Waals surface area contributed by atoms with Crippen LogP contribution < -0.4 is 5.73 Å². The van der Waals surface area contributed by atoms with Gasteiger partial charge >= 0.3 is 0 Å². The van der Waals surface area contributed by atoms with Crippen molar-refractivity contribution in [2.45, 2.75) is 45.3 Å². The Hall–Kier alpha value is -0.420. The fourth-order valence-corrected chi connectivity index (χ4v) is 3.49. The van der Waals surface area contributed by atoms with Crippen molar-refractivity contribution in [1.82, 2.24) is 9.80 Å². The molecule has 1 aliphatic heterocycles. The van der Waals surface area contributed by atoms with Crippen molar-refractivity contribution in [3.8, 4) is 0 Å². The van der Waals surface area contributed by atoms with E-state index in [0.29, 0.717) is 12.1 Å². The number of benzene rings is 1. The van der Waals surface area contributed by atoms with E-state index < -0.39 is 0 Å². The molecular formula is C17H28BrN3. The van der Waals surface area contributed by atoms with Crippen LogP contribution in [0.3, 0.4) is 0 Å². The van der Waals surface area contributed by atoms with E-state index in [0.717, 1.165) is 30.7 Å². The van der Waals surface area contributed by atoms with E-state index in [9.17, 15) is 0 Å². The molecule has 1 saturated heterocycles. The van der Waals surface area contributed by atoms with Gasteiger partial charge in [-0.25, -0.2) is 0 Å². The molecule has 1 aromatic carbocycles. The number of piperazine rings is 1. The summed E-state index contributed by atoms with van der Waals surface area (Å²) >= 11 is 3.51. The van der Waals surface area contributed by atoms with Gasteiger partial charge in [-0.3, -0.25) is 9.80 Å². The van der Waals surface area contributed by atoms with Crippen LogP contribution in [0.25, 0.3) is 0 Å². The fourth-order valence-electron chi connectivity index (χ4n) is 3.22. The molecular weight excluding hydrogens is 326 g/mol. The average Bonchev–Trinajstić information content (AvgIpc) is 2.49. The van der Waals surface area contributed by atoms with E-state index in [1.807, 2.05) is 0 Å². The zero-order valence-corrected chi connectivity index (χ0v) is 15.0. The van der Waals surface area contributed by atoms with E-state index in [1.54, 1.807) is 0 Å².